The molecular weight excluding hydrogens is 545 g/mol. The number of halogens is 6. The van der Waals surface area contributed by atoms with Gasteiger partial charge < -0.3 is 10.2 Å². The van der Waals surface area contributed by atoms with Crippen molar-refractivity contribution in [3.63, 3.8) is 0 Å². The fraction of sp³-hybridized carbons (Fsp3) is 0.167. The van der Waals surface area contributed by atoms with Gasteiger partial charge in [-0.25, -0.2) is 4.39 Å². The second-order valence-corrected chi connectivity index (χ2v) is 10.5. The number of nitrogens with zero attached hydrogens (tertiary/aromatic N) is 1. The van der Waals surface area contributed by atoms with E-state index in [2.05, 4.69) is 5.32 Å². The van der Waals surface area contributed by atoms with E-state index in [0.717, 1.165) is 0 Å². The van der Waals surface area contributed by atoms with E-state index in [9.17, 15) is 14.0 Å². The minimum atomic E-state index is -1.32. The number of benzene rings is 3. The zero-order valence-electron chi connectivity index (χ0n) is 17.5. The zero-order valence-corrected chi connectivity index (χ0v) is 21.2. The maximum Gasteiger partial charge on any atom is 0.259 e. The lowest BCUT2D eigenvalue weighted by molar-refractivity contribution is -0.117. The Balaban J connectivity index is 1.53. The van der Waals surface area contributed by atoms with Crippen LogP contribution in [0.3, 0.4) is 0 Å². The van der Waals surface area contributed by atoms with Gasteiger partial charge >= 0.3 is 0 Å². The summed E-state index contributed by atoms with van der Waals surface area (Å²) >= 11 is 31.1. The first-order chi connectivity index (χ1) is 16.0. The molecule has 0 spiro atoms. The molecule has 2 atom stereocenters. The fourth-order valence-electron chi connectivity index (χ4n) is 3.72. The van der Waals surface area contributed by atoms with Crippen LogP contribution in [-0.2, 0) is 4.79 Å². The Bertz CT molecular complexity index is 1280. The Kier molecular flexibility index (Phi) is 7.05. The number of amides is 2. The molecule has 0 heterocycles. The Morgan fingerprint density at radius 1 is 0.912 bits per heavy atom. The molecule has 0 unspecified atom stereocenters. The highest BCUT2D eigenvalue weighted by Crippen LogP contribution is 2.65. The molecule has 10 heteroatoms. The first-order valence-electron chi connectivity index (χ1n) is 9.97. The minimum absolute atomic E-state index is 0.158. The third-order valence-electron chi connectivity index (χ3n) is 5.62. The number of alkyl halides is 2. The third-order valence-corrected chi connectivity index (χ3v) is 7.63. The summed E-state index contributed by atoms with van der Waals surface area (Å²) in [6.45, 7) is 0. The number of nitrogens with one attached hydrogen (secondary N) is 1. The van der Waals surface area contributed by atoms with Crippen molar-refractivity contribution in [2.75, 3.05) is 17.3 Å². The van der Waals surface area contributed by atoms with Gasteiger partial charge in [0, 0.05) is 24.3 Å². The summed E-state index contributed by atoms with van der Waals surface area (Å²) in [5.41, 5.74) is 1.67. The normalized spacial score (nSPS) is 18.3. The lowest BCUT2D eigenvalue weighted by Gasteiger charge is -2.18. The number of rotatable bonds is 5. The Morgan fingerprint density at radius 3 is 2.21 bits per heavy atom. The molecule has 0 saturated heterocycles. The van der Waals surface area contributed by atoms with E-state index in [1.165, 1.54) is 41.3 Å². The summed E-state index contributed by atoms with van der Waals surface area (Å²) in [7, 11) is 1.54. The lowest BCUT2D eigenvalue weighted by atomic mass is 10.1. The van der Waals surface area contributed by atoms with Crippen molar-refractivity contribution in [1.82, 2.24) is 0 Å². The van der Waals surface area contributed by atoms with Gasteiger partial charge in [-0.15, -0.1) is 23.2 Å². The van der Waals surface area contributed by atoms with Crippen LogP contribution in [0.2, 0.25) is 15.1 Å². The molecule has 1 saturated carbocycles. The molecule has 3 aromatic carbocycles. The maximum absolute atomic E-state index is 13.2. The lowest BCUT2D eigenvalue weighted by Crippen LogP contribution is -2.26. The summed E-state index contributed by atoms with van der Waals surface area (Å²) in [6, 6.07) is 14.9. The van der Waals surface area contributed by atoms with Crippen molar-refractivity contribution < 1.29 is 14.0 Å². The van der Waals surface area contributed by atoms with Crippen molar-refractivity contribution in [2.24, 2.45) is 5.92 Å². The van der Waals surface area contributed by atoms with E-state index in [-0.39, 0.29) is 10.6 Å². The highest BCUT2D eigenvalue weighted by atomic mass is 35.5. The van der Waals surface area contributed by atoms with Gasteiger partial charge in [-0.3, -0.25) is 9.59 Å². The van der Waals surface area contributed by atoms with Gasteiger partial charge in [0.25, 0.3) is 5.91 Å². The summed E-state index contributed by atoms with van der Waals surface area (Å²) in [4.78, 5) is 27.3. The molecule has 176 valence electrons. The van der Waals surface area contributed by atoms with Crippen molar-refractivity contribution in [3.05, 3.63) is 92.7 Å². The quantitative estimate of drug-likeness (QED) is 0.327. The Morgan fingerprint density at radius 2 is 1.56 bits per heavy atom. The van der Waals surface area contributed by atoms with Gasteiger partial charge in [0.05, 0.1) is 26.5 Å². The summed E-state index contributed by atoms with van der Waals surface area (Å²) in [5.74, 6) is -2.50. The number of anilines is 2. The summed E-state index contributed by atoms with van der Waals surface area (Å²) in [6.07, 6.45) is 0. The van der Waals surface area contributed by atoms with Crippen LogP contribution in [0.1, 0.15) is 21.8 Å². The van der Waals surface area contributed by atoms with Crippen LogP contribution < -0.4 is 10.2 Å². The summed E-state index contributed by atoms with van der Waals surface area (Å²) < 4.78 is 11.9. The van der Waals surface area contributed by atoms with Crippen molar-refractivity contribution in [2.45, 2.75) is 10.3 Å². The molecule has 2 amide bonds. The average Bonchev–Trinajstić information content (AvgIpc) is 3.38. The predicted molar refractivity (Wildman–Crippen MR) is 136 cm³/mol. The van der Waals surface area contributed by atoms with Crippen molar-refractivity contribution in [3.8, 4) is 0 Å². The molecule has 0 radical (unpaired) electrons. The third kappa shape index (κ3) is 4.86. The van der Waals surface area contributed by atoms with Gasteiger partial charge in [0.1, 0.15) is 10.2 Å². The maximum atomic E-state index is 13.2. The van der Waals surface area contributed by atoms with Gasteiger partial charge in [-0.2, -0.15) is 0 Å². The number of hydrogen-bond acceptors (Lipinski definition) is 2. The first-order valence-corrected chi connectivity index (χ1v) is 11.9. The van der Waals surface area contributed by atoms with E-state index >= 15 is 0 Å². The molecule has 4 nitrogen and oxygen atoms in total. The second-order valence-electron chi connectivity index (χ2n) is 7.83. The molecule has 3 aromatic rings. The Hall–Kier alpha value is -2.02. The van der Waals surface area contributed by atoms with E-state index in [1.807, 2.05) is 0 Å². The van der Waals surface area contributed by atoms with Crippen LogP contribution in [0.4, 0.5) is 15.8 Å². The smallest absolute Gasteiger partial charge is 0.259 e. The van der Waals surface area contributed by atoms with Gasteiger partial charge in [0.2, 0.25) is 5.91 Å². The van der Waals surface area contributed by atoms with E-state index in [1.54, 1.807) is 31.3 Å². The molecule has 1 aliphatic rings. The minimum Gasteiger partial charge on any atom is -0.326 e. The molecule has 0 aliphatic heterocycles. The predicted octanol–water partition coefficient (Wildman–Crippen LogP) is 7.59. The SMILES string of the molecule is CN(C(=O)c1cc(NC(=O)[C@@H]2[C@@H](c3ccc(Cl)c(Cl)c3)C2(Cl)Cl)ccc1Cl)c1ccc(F)cc1. The molecule has 0 aromatic heterocycles. The number of carbonyl (C=O) groups is 2. The number of carbonyl (C=O) groups excluding carboxylic acids is 2. The van der Waals surface area contributed by atoms with E-state index in [0.29, 0.717) is 27.0 Å². The highest BCUT2D eigenvalue weighted by Gasteiger charge is 2.67. The highest BCUT2D eigenvalue weighted by molar-refractivity contribution is 6.53. The first kappa shape index (κ1) is 25.1. The molecule has 0 bridgehead atoms. The van der Waals surface area contributed by atoms with Crippen LogP contribution in [0, 0.1) is 11.7 Å². The van der Waals surface area contributed by atoms with Crippen LogP contribution >= 0.6 is 58.0 Å². The molecule has 1 N–H and O–H groups in total. The monoisotopic (exact) mass is 558 g/mol. The topological polar surface area (TPSA) is 49.4 Å². The van der Waals surface area contributed by atoms with E-state index in [4.69, 9.17) is 58.0 Å². The van der Waals surface area contributed by atoms with Gasteiger partial charge in [-0.05, 0) is 60.2 Å². The standard InChI is InChI=1S/C24H16Cl5FN2O2/c1-32(15-6-3-13(30)4-7-15)23(34)16-11-14(5-9-17(16)25)31-22(33)21-20(24(21,28)29)12-2-8-18(26)19(27)10-12/h2-11,20-21H,1H3,(H,31,33)/t20-,21+/m1/s1. The van der Waals surface area contributed by atoms with Crippen LogP contribution in [0.15, 0.2) is 60.7 Å². The fourth-order valence-corrected chi connectivity index (χ4v) is 5.06. The molecule has 1 fully saturated rings. The van der Waals surface area contributed by atoms with Gasteiger partial charge in [-0.1, -0.05) is 40.9 Å². The molecule has 34 heavy (non-hydrogen) atoms. The van der Waals surface area contributed by atoms with Crippen molar-refractivity contribution >= 4 is 81.2 Å². The summed E-state index contributed by atoms with van der Waals surface area (Å²) in [5, 5.41) is 3.66. The van der Waals surface area contributed by atoms with Gasteiger partial charge in [0.15, 0.2) is 0 Å². The molecular formula is C24H16Cl5FN2O2. The van der Waals surface area contributed by atoms with Crippen molar-refractivity contribution in [1.29, 1.82) is 0 Å². The number of hydrogen-bond donors (Lipinski definition) is 1. The molecule has 1 aliphatic carbocycles. The average molecular weight is 561 g/mol. The van der Waals surface area contributed by atoms with Crippen LogP contribution in [0.25, 0.3) is 0 Å². The van der Waals surface area contributed by atoms with Crippen LogP contribution in [0.5, 0.6) is 0 Å². The molecule has 4 rings (SSSR count). The Labute approximate surface area is 220 Å². The second kappa shape index (κ2) is 9.56. The van der Waals surface area contributed by atoms with Crippen LogP contribution in [-0.4, -0.2) is 23.2 Å². The largest absolute Gasteiger partial charge is 0.326 e. The van der Waals surface area contributed by atoms with E-state index < -0.39 is 33.8 Å². The zero-order chi connectivity index (χ0) is 24.8.